The third-order valence-electron chi connectivity index (χ3n) is 5.13. The molecule has 6 heteroatoms. The van der Waals surface area contributed by atoms with Gasteiger partial charge in [0.15, 0.2) is 0 Å². The van der Waals surface area contributed by atoms with Crippen LogP contribution in [0.3, 0.4) is 0 Å². The van der Waals surface area contributed by atoms with Crippen molar-refractivity contribution in [3.05, 3.63) is 70.2 Å². The Kier molecular flexibility index (Phi) is 7.51. The number of aryl methyl sites for hydroxylation is 1. The highest BCUT2D eigenvalue weighted by Gasteiger charge is 2.29. The number of hydrogen-bond donors (Lipinski definition) is 0. The molecule has 0 spiro atoms. The van der Waals surface area contributed by atoms with Crippen LogP contribution in [0.1, 0.15) is 40.1 Å². The fourth-order valence-corrected chi connectivity index (χ4v) is 3.84. The van der Waals surface area contributed by atoms with Crippen molar-refractivity contribution in [1.82, 2.24) is 9.80 Å². The van der Waals surface area contributed by atoms with Gasteiger partial charge in [0, 0.05) is 31.7 Å². The van der Waals surface area contributed by atoms with E-state index in [1.165, 1.54) is 0 Å². The molecular weight excluding hydrogens is 400 g/mol. The Morgan fingerprint density at radius 1 is 1.17 bits per heavy atom. The van der Waals surface area contributed by atoms with Crippen LogP contribution in [-0.4, -0.2) is 60.5 Å². The minimum Gasteiger partial charge on any atom is -0.373 e. The van der Waals surface area contributed by atoms with Crippen LogP contribution in [-0.2, 0) is 4.74 Å². The maximum atomic E-state index is 13.1. The first kappa shape index (κ1) is 22.3. The Hall–Kier alpha value is -2.37. The summed E-state index contributed by atoms with van der Waals surface area (Å²) in [5.74, 6) is 0.208. The molecule has 1 heterocycles. The molecular formula is C24H29ClN2O3. The predicted octanol–water partition coefficient (Wildman–Crippen LogP) is 4.29. The minimum absolute atomic E-state index is 0.0122. The average molecular weight is 429 g/mol. The lowest BCUT2D eigenvalue weighted by Gasteiger charge is -2.36. The molecule has 5 nitrogen and oxygen atoms in total. The molecule has 0 unspecified atom stereocenters. The first-order valence-corrected chi connectivity index (χ1v) is 10.7. The van der Waals surface area contributed by atoms with E-state index >= 15 is 0 Å². The van der Waals surface area contributed by atoms with Crippen LogP contribution in [0.5, 0.6) is 0 Å². The standard InChI is InChI=1S/C24H29ClN2O3/c1-17(2)14-27(23(28)19-10-8-18(3)9-11-19)16-20-15-26(12-13-30-20)24(29)21-6-4-5-7-22(21)25/h4-11,17,20H,12-16H2,1-3H3/t20-/m0/s1. The Morgan fingerprint density at radius 3 is 2.53 bits per heavy atom. The zero-order valence-corrected chi connectivity index (χ0v) is 18.6. The highest BCUT2D eigenvalue weighted by Crippen LogP contribution is 2.19. The summed E-state index contributed by atoms with van der Waals surface area (Å²) in [6.07, 6.45) is -0.238. The molecule has 2 aromatic rings. The smallest absolute Gasteiger partial charge is 0.255 e. The van der Waals surface area contributed by atoms with E-state index in [4.69, 9.17) is 16.3 Å². The lowest BCUT2D eigenvalue weighted by Crippen LogP contribution is -2.51. The molecule has 1 aliphatic rings. The maximum absolute atomic E-state index is 13.1. The second-order valence-electron chi connectivity index (χ2n) is 8.19. The minimum atomic E-state index is -0.238. The highest BCUT2D eigenvalue weighted by molar-refractivity contribution is 6.33. The van der Waals surface area contributed by atoms with Crippen molar-refractivity contribution in [3.63, 3.8) is 0 Å². The molecule has 0 N–H and O–H groups in total. The first-order valence-electron chi connectivity index (χ1n) is 10.4. The summed E-state index contributed by atoms with van der Waals surface area (Å²) < 4.78 is 5.92. The normalized spacial score (nSPS) is 16.6. The summed E-state index contributed by atoms with van der Waals surface area (Å²) in [5.41, 5.74) is 2.28. The summed E-state index contributed by atoms with van der Waals surface area (Å²) in [6, 6.07) is 14.7. The molecule has 1 fully saturated rings. The van der Waals surface area contributed by atoms with E-state index in [2.05, 4.69) is 13.8 Å². The van der Waals surface area contributed by atoms with Gasteiger partial charge in [-0.05, 0) is 37.1 Å². The first-order chi connectivity index (χ1) is 14.3. The predicted molar refractivity (Wildman–Crippen MR) is 119 cm³/mol. The number of benzene rings is 2. The number of amides is 2. The quantitative estimate of drug-likeness (QED) is 0.689. The molecule has 1 aliphatic heterocycles. The molecule has 1 atom stereocenters. The van der Waals surface area contributed by atoms with Gasteiger partial charge in [-0.2, -0.15) is 0 Å². The number of carbonyl (C=O) groups is 2. The zero-order valence-electron chi connectivity index (χ0n) is 17.8. The Labute approximate surface area is 183 Å². The van der Waals surface area contributed by atoms with E-state index in [1.54, 1.807) is 17.0 Å². The maximum Gasteiger partial charge on any atom is 0.255 e. The van der Waals surface area contributed by atoms with Crippen molar-refractivity contribution in [3.8, 4) is 0 Å². The van der Waals surface area contributed by atoms with Crippen molar-refractivity contribution in [1.29, 1.82) is 0 Å². The highest BCUT2D eigenvalue weighted by atomic mass is 35.5. The molecule has 0 bridgehead atoms. The SMILES string of the molecule is Cc1ccc(C(=O)N(CC(C)C)C[C@@H]2CN(C(=O)c3ccccc3Cl)CCO2)cc1. The molecule has 160 valence electrons. The van der Waals surface area contributed by atoms with Crippen LogP contribution in [0.4, 0.5) is 0 Å². The van der Waals surface area contributed by atoms with Gasteiger partial charge in [0.25, 0.3) is 11.8 Å². The van der Waals surface area contributed by atoms with Gasteiger partial charge in [0.2, 0.25) is 0 Å². The molecule has 1 saturated heterocycles. The van der Waals surface area contributed by atoms with Crippen molar-refractivity contribution in [2.24, 2.45) is 5.92 Å². The van der Waals surface area contributed by atoms with Gasteiger partial charge in [-0.1, -0.05) is 55.3 Å². The van der Waals surface area contributed by atoms with Gasteiger partial charge in [-0.15, -0.1) is 0 Å². The van der Waals surface area contributed by atoms with Gasteiger partial charge < -0.3 is 14.5 Å². The summed E-state index contributed by atoms with van der Waals surface area (Å²) in [7, 11) is 0. The van der Waals surface area contributed by atoms with Gasteiger partial charge in [-0.25, -0.2) is 0 Å². The fourth-order valence-electron chi connectivity index (χ4n) is 3.62. The third kappa shape index (κ3) is 5.61. The van der Waals surface area contributed by atoms with E-state index < -0.39 is 0 Å². The number of nitrogens with zero attached hydrogens (tertiary/aromatic N) is 2. The summed E-state index contributed by atoms with van der Waals surface area (Å²) >= 11 is 6.21. The van der Waals surface area contributed by atoms with E-state index in [1.807, 2.05) is 48.2 Å². The van der Waals surface area contributed by atoms with Gasteiger partial charge in [0.1, 0.15) is 0 Å². The summed E-state index contributed by atoms with van der Waals surface area (Å²) in [6.45, 7) is 8.63. The van der Waals surface area contributed by atoms with Crippen LogP contribution in [0.25, 0.3) is 0 Å². The molecule has 2 aromatic carbocycles. The van der Waals surface area contributed by atoms with Crippen LogP contribution < -0.4 is 0 Å². The van der Waals surface area contributed by atoms with Crippen LogP contribution in [0.15, 0.2) is 48.5 Å². The second-order valence-corrected chi connectivity index (χ2v) is 8.60. The average Bonchev–Trinajstić information content (AvgIpc) is 2.73. The monoisotopic (exact) mass is 428 g/mol. The number of morpholine rings is 1. The molecule has 30 heavy (non-hydrogen) atoms. The molecule has 0 aliphatic carbocycles. The van der Waals surface area contributed by atoms with Crippen molar-refractivity contribution in [2.75, 3.05) is 32.8 Å². The van der Waals surface area contributed by atoms with Gasteiger partial charge >= 0.3 is 0 Å². The molecule has 3 rings (SSSR count). The third-order valence-corrected chi connectivity index (χ3v) is 5.46. The van der Waals surface area contributed by atoms with Gasteiger partial charge in [0.05, 0.1) is 23.3 Å². The van der Waals surface area contributed by atoms with Crippen molar-refractivity contribution in [2.45, 2.75) is 26.9 Å². The van der Waals surface area contributed by atoms with Crippen molar-refractivity contribution < 1.29 is 14.3 Å². The zero-order chi connectivity index (χ0) is 21.7. The molecule has 0 aromatic heterocycles. The van der Waals surface area contributed by atoms with E-state index in [0.29, 0.717) is 54.9 Å². The summed E-state index contributed by atoms with van der Waals surface area (Å²) in [4.78, 5) is 29.6. The van der Waals surface area contributed by atoms with E-state index in [9.17, 15) is 9.59 Å². The lowest BCUT2D eigenvalue weighted by atomic mass is 10.1. The fraction of sp³-hybridized carbons (Fsp3) is 0.417. The Morgan fingerprint density at radius 2 is 1.87 bits per heavy atom. The Balaban J connectivity index is 1.71. The molecule has 0 radical (unpaired) electrons. The largest absolute Gasteiger partial charge is 0.373 e. The topological polar surface area (TPSA) is 49.9 Å². The van der Waals surface area contributed by atoms with Crippen molar-refractivity contribution >= 4 is 23.4 Å². The Bertz CT molecular complexity index is 882. The number of rotatable bonds is 6. The van der Waals surface area contributed by atoms with Crippen LogP contribution in [0, 0.1) is 12.8 Å². The number of carbonyl (C=O) groups excluding carboxylic acids is 2. The van der Waals surface area contributed by atoms with Crippen LogP contribution in [0.2, 0.25) is 5.02 Å². The lowest BCUT2D eigenvalue weighted by molar-refractivity contribution is -0.0340. The van der Waals surface area contributed by atoms with E-state index in [-0.39, 0.29) is 17.9 Å². The van der Waals surface area contributed by atoms with Crippen LogP contribution >= 0.6 is 11.6 Å². The number of hydrogen-bond acceptors (Lipinski definition) is 3. The number of ether oxygens (including phenoxy) is 1. The number of halogens is 1. The molecule has 2 amide bonds. The molecule has 0 saturated carbocycles. The van der Waals surface area contributed by atoms with E-state index in [0.717, 1.165) is 5.56 Å². The second kappa shape index (κ2) is 10.1. The summed E-state index contributed by atoms with van der Waals surface area (Å²) in [5, 5.41) is 0.446. The van der Waals surface area contributed by atoms with Gasteiger partial charge in [-0.3, -0.25) is 9.59 Å².